The van der Waals surface area contributed by atoms with Crippen LogP contribution in [-0.2, 0) is 11.3 Å². The molecule has 0 unspecified atom stereocenters. The molecule has 4 rings (SSSR count). The van der Waals surface area contributed by atoms with Crippen LogP contribution >= 0.6 is 0 Å². The molecule has 1 amide bonds. The van der Waals surface area contributed by atoms with Crippen molar-refractivity contribution in [3.05, 3.63) is 42.5 Å². The minimum Gasteiger partial charge on any atom is -0.383 e. The van der Waals surface area contributed by atoms with E-state index >= 15 is 0 Å². The molecule has 3 aromatic rings. The number of aromatic nitrogens is 4. The zero-order valence-corrected chi connectivity index (χ0v) is 14.0. The molecule has 0 bridgehead atoms. The third-order valence-electron chi connectivity index (χ3n) is 4.59. The number of carbonyl (C=O) groups excluding carboxylic acids is 1. The van der Waals surface area contributed by atoms with Gasteiger partial charge in [-0.2, -0.15) is 5.10 Å². The van der Waals surface area contributed by atoms with E-state index in [1.807, 2.05) is 29.2 Å². The normalized spacial score (nSPS) is 19.1. The second-order valence-electron chi connectivity index (χ2n) is 6.46. The largest absolute Gasteiger partial charge is 0.383 e. The summed E-state index contributed by atoms with van der Waals surface area (Å²) in [6, 6.07) is 3.67. The van der Waals surface area contributed by atoms with Crippen molar-refractivity contribution in [3.63, 3.8) is 0 Å². The number of amides is 1. The number of aryl methyl sites for hydroxylation is 1. The summed E-state index contributed by atoms with van der Waals surface area (Å²) < 4.78 is 1.94. The monoisotopic (exact) mass is 336 g/mol. The average Bonchev–Trinajstić information content (AvgIpc) is 3.28. The topological polar surface area (TPSA) is 98.7 Å². The van der Waals surface area contributed by atoms with Gasteiger partial charge < -0.3 is 11.1 Å². The number of hydrogen-bond acceptors (Lipinski definition) is 5. The predicted molar refractivity (Wildman–Crippen MR) is 95.9 cm³/mol. The first-order valence-corrected chi connectivity index (χ1v) is 8.49. The quantitative estimate of drug-likeness (QED) is 0.746. The molecular weight excluding hydrogens is 316 g/mol. The SMILES string of the molecule is CCCn1cc([C@@H]2C[C@H]2C(=O)Nc2cc3ccnc(N)c3cn2)cn1. The molecule has 25 heavy (non-hydrogen) atoms. The van der Waals surface area contributed by atoms with Gasteiger partial charge in [-0.25, -0.2) is 9.97 Å². The van der Waals surface area contributed by atoms with Crippen LogP contribution in [0.3, 0.4) is 0 Å². The summed E-state index contributed by atoms with van der Waals surface area (Å²) in [7, 11) is 0. The Morgan fingerprint density at radius 2 is 2.28 bits per heavy atom. The number of pyridine rings is 2. The van der Waals surface area contributed by atoms with Gasteiger partial charge >= 0.3 is 0 Å². The fraction of sp³-hybridized carbons (Fsp3) is 0.333. The molecule has 7 nitrogen and oxygen atoms in total. The van der Waals surface area contributed by atoms with Crippen LogP contribution in [0.2, 0.25) is 0 Å². The zero-order valence-electron chi connectivity index (χ0n) is 14.0. The lowest BCUT2D eigenvalue weighted by molar-refractivity contribution is -0.117. The van der Waals surface area contributed by atoms with Crippen molar-refractivity contribution in [1.82, 2.24) is 19.7 Å². The summed E-state index contributed by atoms with van der Waals surface area (Å²) in [5, 5.41) is 8.94. The summed E-state index contributed by atoms with van der Waals surface area (Å²) in [6.07, 6.45) is 9.11. The van der Waals surface area contributed by atoms with Gasteiger partial charge in [-0.05, 0) is 41.8 Å². The van der Waals surface area contributed by atoms with Crippen LogP contribution < -0.4 is 11.1 Å². The second-order valence-corrected chi connectivity index (χ2v) is 6.46. The molecular formula is C18H20N6O. The molecule has 0 aliphatic heterocycles. The number of rotatable bonds is 5. The van der Waals surface area contributed by atoms with Gasteiger partial charge in [-0.1, -0.05) is 6.92 Å². The van der Waals surface area contributed by atoms with Gasteiger partial charge in [-0.3, -0.25) is 9.48 Å². The van der Waals surface area contributed by atoms with E-state index in [-0.39, 0.29) is 17.7 Å². The van der Waals surface area contributed by atoms with Gasteiger partial charge in [0.25, 0.3) is 0 Å². The number of nitrogens with one attached hydrogen (secondary N) is 1. The smallest absolute Gasteiger partial charge is 0.229 e. The van der Waals surface area contributed by atoms with Crippen molar-refractivity contribution in [3.8, 4) is 0 Å². The Balaban J connectivity index is 1.44. The molecule has 3 aromatic heterocycles. The van der Waals surface area contributed by atoms with Crippen molar-refractivity contribution < 1.29 is 4.79 Å². The van der Waals surface area contributed by atoms with Crippen LogP contribution in [0.5, 0.6) is 0 Å². The first-order chi connectivity index (χ1) is 12.2. The first kappa shape index (κ1) is 15.6. The van der Waals surface area contributed by atoms with Crippen molar-refractivity contribution in [2.24, 2.45) is 5.92 Å². The average molecular weight is 336 g/mol. The highest BCUT2D eigenvalue weighted by molar-refractivity contribution is 5.97. The minimum atomic E-state index is -0.0146. The molecule has 2 atom stereocenters. The van der Waals surface area contributed by atoms with E-state index in [0.717, 1.165) is 35.7 Å². The maximum atomic E-state index is 12.5. The molecule has 1 aliphatic carbocycles. The Hall–Kier alpha value is -2.96. The number of hydrogen-bond donors (Lipinski definition) is 2. The van der Waals surface area contributed by atoms with Crippen molar-refractivity contribution in [2.75, 3.05) is 11.1 Å². The van der Waals surface area contributed by atoms with Gasteiger partial charge in [0.15, 0.2) is 0 Å². The Kier molecular flexibility index (Phi) is 3.83. The Morgan fingerprint density at radius 3 is 3.12 bits per heavy atom. The lowest BCUT2D eigenvalue weighted by atomic mass is 10.2. The number of nitrogens with two attached hydrogens (primary N) is 1. The van der Waals surface area contributed by atoms with Gasteiger partial charge in [0.2, 0.25) is 5.91 Å². The number of nitrogen functional groups attached to an aromatic ring is 1. The van der Waals surface area contributed by atoms with Crippen LogP contribution in [0, 0.1) is 5.92 Å². The van der Waals surface area contributed by atoms with Gasteiger partial charge in [0.1, 0.15) is 11.6 Å². The highest BCUT2D eigenvalue weighted by Gasteiger charge is 2.44. The molecule has 7 heteroatoms. The first-order valence-electron chi connectivity index (χ1n) is 8.49. The molecule has 128 valence electrons. The fourth-order valence-corrected chi connectivity index (χ4v) is 3.15. The highest BCUT2D eigenvalue weighted by atomic mass is 16.2. The number of anilines is 2. The number of nitrogens with zero attached hydrogens (tertiary/aromatic N) is 4. The summed E-state index contributed by atoms with van der Waals surface area (Å²) in [4.78, 5) is 20.8. The molecule has 0 saturated heterocycles. The zero-order chi connectivity index (χ0) is 17.4. The van der Waals surface area contributed by atoms with Crippen molar-refractivity contribution >= 4 is 28.3 Å². The molecule has 0 spiro atoms. The number of fused-ring (bicyclic) bond motifs is 1. The van der Waals surface area contributed by atoms with E-state index in [1.54, 1.807) is 12.4 Å². The lowest BCUT2D eigenvalue weighted by Crippen LogP contribution is -2.15. The van der Waals surface area contributed by atoms with Crippen LogP contribution in [0.15, 0.2) is 36.9 Å². The Morgan fingerprint density at radius 1 is 1.40 bits per heavy atom. The highest BCUT2D eigenvalue weighted by Crippen LogP contribution is 2.47. The minimum absolute atomic E-state index is 0.00196. The third kappa shape index (κ3) is 3.05. The predicted octanol–water partition coefficient (Wildman–Crippen LogP) is 2.56. The molecule has 3 N–H and O–H groups in total. The van der Waals surface area contributed by atoms with E-state index in [0.29, 0.717) is 11.6 Å². The molecule has 3 heterocycles. The van der Waals surface area contributed by atoms with Crippen molar-refractivity contribution in [2.45, 2.75) is 32.2 Å². The number of carbonyl (C=O) groups is 1. The lowest BCUT2D eigenvalue weighted by Gasteiger charge is -2.06. The standard InChI is InChI=1S/C18H20N6O/c1-2-5-24-10-12(8-22-24)13-7-14(13)18(25)23-16-6-11-3-4-20-17(19)15(11)9-21-16/h3-4,6,8-10,13-14H,2,5,7H2,1H3,(H2,19,20)(H,21,23,25)/t13-,14+/m0/s1. The van der Waals surface area contributed by atoms with Gasteiger partial charge in [-0.15, -0.1) is 0 Å². The molecule has 0 aromatic carbocycles. The summed E-state index contributed by atoms with van der Waals surface area (Å²) in [5.41, 5.74) is 6.96. The second kappa shape index (κ2) is 6.16. The van der Waals surface area contributed by atoms with Gasteiger partial charge in [0, 0.05) is 36.4 Å². The molecule has 1 fully saturated rings. The van der Waals surface area contributed by atoms with Crippen LogP contribution in [-0.4, -0.2) is 25.7 Å². The maximum absolute atomic E-state index is 12.5. The van der Waals surface area contributed by atoms with Crippen LogP contribution in [0.25, 0.3) is 10.8 Å². The Bertz CT molecular complexity index is 934. The molecule has 1 aliphatic rings. The van der Waals surface area contributed by atoms with Crippen molar-refractivity contribution in [1.29, 1.82) is 0 Å². The van der Waals surface area contributed by atoms with Crippen LogP contribution in [0.4, 0.5) is 11.6 Å². The van der Waals surface area contributed by atoms with Crippen LogP contribution in [0.1, 0.15) is 31.2 Å². The fourth-order valence-electron chi connectivity index (χ4n) is 3.15. The van der Waals surface area contributed by atoms with E-state index in [9.17, 15) is 4.79 Å². The maximum Gasteiger partial charge on any atom is 0.229 e. The summed E-state index contributed by atoms with van der Waals surface area (Å²) in [5.74, 6) is 1.22. The third-order valence-corrected chi connectivity index (χ3v) is 4.59. The summed E-state index contributed by atoms with van der Waals surface area (Å²) >= 11 is 0. The summed E-state index contributed by atoms with van der Waals surface area (Å²) in [6.45, 7) is 3.03. The van der Waals surface area contributed by atoms with E-state index in [1.165, 1.54) is 0 Å². The Labute approximate surface area is 145 Å². The van der Waals surface area contributed by atoms with E-state index < -0.39 is 0 Å². The van der Waals surface area contributed by atoms with E-state index in [2.05, 4.69) is 27.3 Å². The molecule has 1 saturated carbocycles. The van der Waals surface area contributed by atoms with Gasteiger partial charge in [0.05, 0.1) is 6.20 Å². The molecule has 0 radical (unpaired) electrons. The van der Waals surface area contributed by atoms with E-state index in [4.69, 9.17) is 5.73 Å².